The molecule has 2 aromatic rings. The average Bonchev–Trinajstić information content (AvgIpc) is 2.95. The van der Waals surface area contributed by atoms with Crippen LogP contribution in [0.4, 0.5) is 4.79 Å². The number of methoxy groups -OCH3 is 3. The Balaban J connectivity index is 2.02. The molecule has 0 aromatic heterocycles. The number of carbonyl (C=O) groups excluding carboxylic acids is 2. The van der Waals surface area contributed by atoms with Gasteiger partial charge in [0.1, 0.15) is 5.75 Å². The highest BCUT2D eigenvalue weighted by Gasteiger charge is 2.58. The van der Waals surface area contributed by atoms with Crippen LogP contribution in [0.15, 0.2) is 54.6 Å². The number of nitrogens with zero attached hydrogens (tertiary/aromatic N) is 1. The predicted molar refractivity (Wildman–Crippen MR) is 98.0 cm³/mol. The van der Waals surface area contributed by atoms with Gasteiger partial charge in [-0.05, 0) is 23.3 Å². The fourth-order valence-electron chi connectivity index (χ4n) is 3.30. The van der Waals surface area contributed by atoms with E-state index in [0.29, 0.717) is 11.3 Å². The third kappa shape index (κ3) is 3.27. The van der Waals surface area contributed by atoms with Crippen LogP contribution in [-0.4, -0.2) is 44.5 Å². The highest BCUT2D eigenvalue weighted by atomic mass is 16.7. The minimum atomic E-state index is -1.48. The molecule has 1 heterocycles. The fraction of sp³-hybridized carbons (Fsp3) is 0.300. The highest BCUT2D eigenvalue weighted by molar-refractivity contribution is 6.07. The van der Waals surface area contributed by atoms with Gasteiger partial charge in [-0.15, -0.1) is 0 Å². The van der Waals surface area contributed by atoms with Gasteiger partial charge in [0.2, 0.25) is 0 Å². The molecule has 142 valence electrons. The zero-order valence-electron chi connectivity index (χ0n) is 15.5. The van der Waals surface area contributed by atoms with Crippen LogP contribution in [0.3, 0.4) is 0 Å². The molecule has 0 saturated carbocycles. The Hall–Kier alpha value is -2.90. The second kappa shape index (κ2) is 7.77. The first-order valence-electron chi connectivity index (χ1n) is 8.45. The normalized spacial score (nSPS) is 19.5. The Kier molecular flexibility index (Phi) is 5.43. The van der Waals surface area contributed by atoms with Crippen molar-refractivity contribution in [2.45, 2.75) is 18.4 Å². The van der Waals surface area contributed by atoms with Gasteiger partial charge in [0.05, 0.1) is 13.7 Å². The van der Waals surface area contributed by atoms with Crippen molar-refractivity contribution in [2.24, 2.45) is 0 Å². The SMILES string of the molecule is COc1ccc([C@@]2(C(OC)OC)NC(=O)N(Cc3ccccc3)C2=O)cc1. The molecule has 0 radical (unpaired) electrons. The summed E-state index contributed by atoms with van der Waals surface area (Å²) in [5.41, 5.74) is -0.0921. The van der Waals surface area contributed by atoms with Gasteiger partial charge in [-0.2, -0.15) is 0 Å². The molecule has 0 aliphatic carbocycles. The van der Waals surface area contributed by atoms with Crippen LogP contribution in [0.1, 0.15) is 11.1 Å². The molecule has 1 atom stereocenters. The molecule has 1 N–H and O–H groups in total. The number of imide groups is 1. The maximum Gasteiger partial charge on any atom is 0.325 e. The van der Waals surface area contributed by atoms with E-state index in [0.717, 1.165) is 5.56 Å². The van der Waals surface area contributed by atoms with Crippen molar-refractivity contribution in [1.29, 1.82) is 0 Å². The summed E-state index contributed by atoms with van der Waals surface area (Å²) < 4.78 is 16.0. The van der Waals surface area contributed by atoms with Gasteiger partial charge >= 0.3 is 6.03 Å². The second-order valence-corrected chi connectivity index (χ2v) is 6.15. The first kappa shape index (κ1) is 18.9. The number of hydrogen-bond acceptors (Lipinski definition) is 5. The average molecular weight is 370 g/mol. The summed E-state index contributed by atoms with van der Waals surface area (Å²) >= 11 is 0. The highest BCUT2D eigenvalue weighted by Crippen LogP contribution is 2.36. The van der Waals surface area contributed by atoms with Crippen LogP contribution in [0.5, 0.6) is 5.75 Å². The van der Waals surface area contributed by atoms with E-state index in [1.165, 1.54) is 19.1 Å². The molecule has 27 heavy (non-hydrogen) atoms. The van der Waals surface area contributed by atoms with E-state index in [4.69, 9.17) is 14.2 Å². The molecular weight excluding hydrogens is 348 g/mol. The van der Waals surface area contributed by atoms with Gasteiger partial charge in [0.25, 0.3) is 5.91 Å². The molecule has 1 aliphatic heterocycles. The molecule has 0 bridgehead atoms. The van der Waals surface area contributed by atoms with Crippen LogP contribution < -0.4 is 10.1 Å². The van der Waals surface area contributed by atoms with Gasteiger partial charge < -0.3 is 19.5 Å². The summed E-state index contributed by atoms with van der Waals surface area (Å²) in [6.45, 7) is 0.156. The summed E-state index contributed by atoms with van der Waals surface area (Å²) in [5.74, 6) is 0.202. The molecule has 1 saturated heterocycles. The van der Waals surface area contributed by atoms with Crippen molar-refractivity contribution in [3.05, 3.63) is 65.7 Å². The molecule has 0 unspecified atom stereocenters. The van der Waals surface area contributed by atoms with Crippen molar-refractivity contribution >= 4 is 11.9 Å². The number of nitrogens with one attached hydrogen (secondary N) is 1. The number of carbonyl (C=O) groups is 2. The third-order valence-corrected chi connectivity index (χ3v) is 4.64. The number of rotatable bonds is 7. The number of benzene rings is 2. The van der Waals surface area contributed by atoms with Crippen LogP contribution in [0, 0.1) is 0 Å². The molecule has 7 heteroatoms. The minimum absolute atomic E-state index is 0.156. The molecule has 7 nitrogen and oxygen atoms in total. The van der Waals surface area contributed by atoms with Crippen molar-refractivity contribution in [2.75, 3.05) is 21.3 Å². The van der Waals surface area contributed by atoms with Gasteiger partial charge in [-0.1, -0.05) is 42.5 Å². The Morgan fingerprint density at radius 1 is 0.963 bits per heavy atom. The topological polar surface area (TPSA) is 77.1 Å². The van der Waals surface area contributed by atoms with E-state index < -0.39 is 23.8 Å². The Morgan fingerprint density at radius 3 is 2.15 bits per heavy atom. The summed E-state index contributed by atoms with van der Waals surface area (Å²) in [7, 11) is 4.42. The van der Waals surface area contributed by atoms with Crippen molar-refractivity contribution in [3.8, 4) is 5.75 Å². The van der Waals surface area contributed by atoms with Crippen LogP contribution in [-0.2, 0) is 26.4 Å². The number of amides is 3. The van der Waals surface area contributed by atoms with E-state index in [-0.39, 0.29) is 6.54 Å². The fourth-order valence-corrected chi connectivity index (χ4v) is 3.30. The zero-order valence-corrected chi connectivity index (χ0v) is 15.5. The van der Waals surface area contributed by atoms with Gasteiger partial charge in [-0.3, -0.25) is 9.69 Å². The van der Waals surface area contributed by atoms with E-state index in [9.17, 15) is 9.59 Å². The monoisotopic (exact) mass is 370 g/mol. The smallest absolute Gasteiger partial charge is 0.325 e. The minimum Gasteiger partial charge on any atom is -0.497 e. The standard InChI is InChI=1S/C20H22N2O5/c1-25-16-11-9-15(10-12-16)20(18(26-2)27-3)17(23)22(19(24)21-20)13-14-7-5-4-6-8-14/h4-12,18H,13H2,1-3H3,(H,21,24)/t20-/m1/s1. The Labute approximate surface area is 157 Å². The Morgan fingerprint density at radius 2 is 1.59 bits per heavy atom. The lowest BCUT2D eigenvalue weighted by Gasteiger charge is -2.33. The molecule has 2 aromatic carbocycles. The van der Waals surface area contributed by atoms with E-state index >= 15 is 0 Å². The summed E-state index contributed by atoms with van der Waals surface area (Å²) in [5, 5.41) is 2.79. The summed E-state index contributed by atoms with van der Waals surface area (Å²) in [6, 6.07) is 15.7. The van der Waals surface area contributed by atoms with Gasteiger partial charge in [0, 0.05) is 14.2 Å². The first-order valence-corrected chi connectivity index (χ1v) is 8.45. The molecule has 3 rings (SSSR count). The van der Waals surface area contributed by atoms with Crippen LogP contribution in [0.2, 0.25) is 0 Å². The maximum atomic E-state index is 13.4. The molecular formula is C20H22N2O5. The van der Waals surface area contributed by atoms with E-state index in [1.807, 2.05) is 30.3 Å². The zero-order chi connectivity index (χ0) is 19.4. The molecule has 1 fully saturated rings. The summed E-state index contributed by atoms with van der Waals surface area (Å²) in [4.78, 5) is 27.3. The van der Waals surface area contributed by atoms with E-state index in [2.05, 4.69) is 5.32 Å². The molecule has 3 amide bonds. The van der Waals surface area contributed by atoms with Crippen molar-refractivity contribution < 1.29 is 23.8 Å². The van der Waals surface area contributed by atoms with Crippen molar-refractivity contribution in [3.63, 3.8) is 0 Å². The largest absolute Gasteiger partial charge is 0.497 e. The number of ether oxygens (including phenoxy) is 3. The van der Waals surface area contributed by atoms with Crippen LogP contribution in [0.25, 0.3) is 0 Å². The molecule has 1 aliphatic rings. The summed E-state index contributed by atoms with van der Waals surface area (Å²) in [6.07, 6.45) is -0.997. The predicted octanol–water partition coefficient (Wildman–Crippen LogP) is 2.26. The third-order valence-electron chi connectivity index (χ3n) is 4.64. The Bertz CT molecular complexity index is 805. The van der Waals surface area contributed by atoms with Gasteiger partial charge in [-0.25, -0.2) is 4.79 Å². The van der Waals surface area contributed by atoms with E-state index in [1.54, 1.807) is 31.4 Å². The maximum absolute atomic E-state index is 13.4. The number of hydrogen-bond donors (Lipinski definition) is 1. The first-order chi connectivity index (χ1) is 13.1. The lowest BCUT2D eigenvalue weighted by Crippen LogP contribution is -2.55. The number of urea groups is 1. The lowest BCUT2D eigenvalue weighted by atomic mass is 9.88. The quantitative estimate of drug-likeness (QED) is 0.598. The van der Waals surface area contributed by atoms with Crippen LogP contribution >= 0.6 is 0 Å². The van der Waals surface area contributed by atoms with Crippen molar-refractivity contribution in [1.82, 2.24) is 10.2 Å². The molecule has 0 spiro atoms. The lowest BCUT2D eigenvalue weighted by molar-refractivity contribution is -0.170. The second-order valence-electron chi connectivity index (χ2n) is 6.15. The van der Waals surface area contributed by atoms with Gasteiger partial charge in [0.15, 0.2) is 11.8 Å².